The van der Waals surface area contributed by atoms with Crippen LogP contribution in [0.25, 0.3) is 0 Å². The van der Waals surface area contributed by atoms with Gasteiger partial charge in [0.2, 0.25) is 0 Å². The lowest BCUT2D eigenvalue weighted by atomic mass is 10.1. The first kappa shape index (κ1) is 11.5. The number of halogens is 1. The molecule has 0 fully saturated rings. The molecule has 0 aliphatic carbocycles. The lowest BCUT2D eigenvalue weighted by Gasteiger charge is -2.37. The smallest absolute Gasteiger partial charge is 0.106 e. The molecule has 0 N–H and O–H groups in total. The fourth-order valence-corrected chi connectivity index (χ4v) is 2.44. The van der Waals surface area contributed by atoms with Crippen molar-refractivity contribution in [2.45, 2.75) is 6.54 Å². The van der Waals surface area contributed by atoms with Crippen LogP contribution in [0.15, 0.2) is 41.4 Å². The third kappa shape index (κ3) is 2.06. The summed E-state index contributed by atoms with van der Waals surface area (Å²) in [6.45, 7) is 1.74. The number of hydrogen-bond acceptors (Lipinski definition) is 4. The molecule has 2 aromatic heterocycles. The standard InChI is InChI=1S/C13H13BrN4/c1-17-9-18(11-2-3-13(14)16-6-11)8-10-4-5-15-7-12(10)17/h2-7H,8-9H2,1H3. The SMILES string of the molecule is CN1CN(c2ccc(Br)nc2)Cc2ccncc21. The molecule has 0 saturated carbocycles. The van der Waals surface area contributed by atoms with E-state index in [0.717, 1.165) is 23.5 Å². The highest BCUT2D eigenvalue weighted by Gasteiger charge is 2.20. The highest BCUT2D eigenvalue weighted by Crippen LogP contribution is 2.28. The van der Waals surface area contributed by atoms with E-state index in [1.807, 2.05) is 24.7 Å². The first-order valence-electron chi connectivity index (χ1n) is 5.74. The largest absolute Gasteiger partial charge is 0.355 e. The maximum Gasteiger partial charge on any atom is 0.106 e. The van der Waals surface area contributed by atoms with Crippen molar-refractivity contribution in [1.29, 1.82) is 0 Å². The van der Waals surface area contributed by atoms with Crippen molar-refractivity contribution in [3.05, 3.63) is 47.0 Å². The van der Waals surface area contributed by atoms with Crippen molar-refractivity contribution in [3.63, 3.8) is 0 Å². The van der Waals surface area contributed by atoms with E-state index in [9.17, 15) is 0 Å². The number of hydrogen-bond donors (Lipinski definition) is 0. The van der Waals surface area contributed by atoms with E-state index in [1.54, 1.807) is 0 Å². The minimum absolute atomic E-state index is 0.849. The summed E-state index contributed by atoms with van der Waals surface area (Å²) in [6, 6.07) is 6.12. The van der Waals surface area contributed by atoms with Crippen molar-refractivity contribution in [1.82, 2.24) is 9.97 Å². The number of fused-ring (bicyclic) bond motifs is 1. The van der Waals surface area contributed by atoms with Crippen LogP contribution in [0.1, 0.15) is 5.56 Å². The molecule has 0 radical (unpaired) electrons. The number of rotatable bonds is 1. The molecule has 18 heavy (non-hydrogen) atoms. The van der Waals surface area contributed by atoms with Crippen molar-refractivity contribution in [2.75, 3.05) is 23.5 Å². The predicted octanol–water partition coefficient (Wildman–Crippen LogP) is 2.65. The molecule has 1 aliphatic heterocycles. The number of anilines is 2. The van der Waals surface area contributed by atoms with Gasteiger partial charge in [0.05, 0.1) is 30.4 Å². The molecule has 0 spiro atoms. The van der Waals surface area contributed by atoms with Crippen LogP contribution in [0, 0.1) is 0 Å². The van der Waals surface area contributed by atoms with Gasteiger partial charge in [-0.3, -0.25) is 4.98 Å². The Morgan fingerprint density at radius 3 is 2.89 bits per heavy atom. The van der Waals surface area contributed by atoms with E-state index < -0.39 is 0 Å². The van der Waals surface area contributed by atoms with Crippen LogP contribution in [-0.4, -0.2) is 23.7 Å². The second-order valence-electron chi connectivity index (χ2n) is 4.38. The van der Waals surface area contributed by atoms with Gasteiger partial charge in [-0.2, -0.15) is 0 Å². The van der Waals surface area contributed by atoms with Gasteiger partial charge in [-0.1, -0.05) is 0 Å². The van der Waals surface area contributed by atoms with Gasteiger partial charge in [-0.15, -0.1) is 0 Å². The molecule has 92 valence electrons. The third-order valence-corrected chi connectivity index (χ3v) is 3.59. The fraction of sp³-hybridized carbons (Fsp3) is 0.231. The summed E-state index contributed by atoms with van der Waals surface area (Å²) in [4.78, 5) is 13.0. The average molecular weight is 305 g/mol. The first-order chi connectivity index (χ1) is 8.74. The molecule has 0 bridgehead atoms. The zero-order valence-electron chi connectivity index (χ0n) is 10.0. The summed E-state index contributed by atoms with van der Waals surface area (Å²) in [5.41, 5.74) is 3.63. The van der Waals surface area contributed by atoms with Crippen LogP contribution in [-0.2, 0) is 6.54 Å². The molecule has 1 aliphatic rings. The van der Waals surface area contributed by atoms with Gasteiger partial charge in [-0.05, 0) is 39.7 Å². The van der Waals surface area contributed by atoms with Gasteiger partial charge in [0.1, 0.15) is 4.60 Å². The Kier molecular flexibility index (Phi) is 2.91. The van der Waals surface area contributed by atoms with Gasteiger partial charge >= 0.3 is 0 Å². The molecule has 0 amide bonds. The maximum absolute atomic E-state index is 4.28. The van der Waals surface area contributed by atoms with E-state index in [4.69, 9.17) is 0 Å². The fourth-order valence-electron chi connectivity index (χ4n) is 2.21. The van der Waals surface area contributed by atoms with Crippen LogP contribution in [0.3, 0.4) is 0 Å². The summed E-state index contributed by atoms with van der Waals surface area (Å²) in [5.74, 6) is 0. The van der Waals surface area contributed by atoms with Crippen LogP contribution < -0.4 is 9.80 Å². The molecule has 0 unspecified atom stereocenters. The van der Waals surface area contributed by atoms with Crippen LogP contribution in [0.2, 0.25) is 0 Å². The second-order valence-corrected chi connectivity index (χ2v) is 5.19. The van der Waals surface area contributed by atoms with E-state index in [1.165, 1.54) is 11.3 Å². The molecule has 2 aromatic rings. The van der Waals surface area contributed by atoms with Crippen LogP contribution in [0.5, 0.6) is 0 Å². The topological polar surface area (TPSA) is 32.3 Å². The Morgan fingerprint density at radius 1 is 1.22 bits per heavy atom. The minimum atomic E-state index is 0.849. The zero-order valence-corrected chi connectivity index (χ0v) is 11.6. The van der Waals surface area contributed by atoms with E-state index >= 15 is 0 Å². The van der Waals surface area contributed by atoms with Gasteiger partial charge in [0.15, 0.2) is 0 Å². The number of aromatic nitrogens is 2. The Morgan fingerprint density at radius 2 is 2.11 bits per heavy atom. The molecule has 3 heterocycles. The number of nitrogens with zero attached hydrogens (tertiary/aromatic N) is 4. The average Bonchev–Trinajstić information content (AvgIpc) is 2.39. The van der Waals surface area contributed by atoms with Crippen molar-refractivity contribution < 1.29 is 0 Å². The van der Waals surface area contributed by atoms with E-state index in [-0.39, 0.29) is 0 Å². The summed E-state index contributed by atoms with van der Waals surface area (Å²) in [7, 11) is 2.08. The van der Waals surface area contributed by atoms with E-state index in [0.29, 0.717) is 0 Å². The highest BCUT2D eigenvalue weighted by atomic mass is 79.9. The summed E-state index contributed by atoms with van der Waals surface area (Å²) in [5, 5.41) is 0. The molecule has 4 nitrogen and oxygen atoms in total. The number of pyridine rings is 2. The molecule has 3 rings (SSSR count). The molecular formula is C13H13BrN4. The van der Waals surface area contributed by atoms with Crippen molar-refractivity contribution >= 4 is 27.3 Å². The Bertz CT molecular complexity index is 555. The summed E-state index contributed by atoms with van der Waals surface area (Å²) < 4.78 is 0.862. The molecule has 0 aromatic carbocycles. The lowest BCUT2D eigenvalue weighted by molar-refractivity contribution is 0.727. The predicted molar refractivity (Wildman–Crippen MR) is 75.6 cm³/mol. The summed E-state index contributed by atoms with van der Waals surface area (Å²) >= 11 is 3.36. The van der Waals surface area contributed by atoms with Gasteiger partial charge < -0.3 is 9.80 Å². The minimum Gasteiger partial charge on any atom is -0.355 e. The molecular weight excluding hydrogens is 292 g/mol. The zero-order chi connectivity index (χ0) is 12.5. The Hall–Kier alpha value is -1.62. The molecule has 0 saturated heterocycles. The normalized spacial score (nSPS) is 14.6. The van der Waals surface area contributed by atoms with Gasteiger partial charge in [0, 0.05) is 19.8 Å². The van der Waals surface area contributed by atoms with Crippen LogP contribution >= 0.6 is 15.9 Å². The quantitative estimate of drug-likeness (QED) is 0.758. The van der Waals surface area contributed by atoms with Crippen LogP contribution in [0.4, 0.5) is 11.4 Å². The Labute approximate surface area is 114 Å². The van der Waals surface area contributed by atoms with Crippen molar-refractivity contribution in [3.8, 4) is 0 Å². The van der Waals surface area contributed by atoms with Gasteiger partial charge in [-0.25, -0.2) is 4.98 Å². The molecule has 0 atom stereocenters. The highest BCUT2D eigenvalue weighted by molar-refractivity contribution is 9.10. The Balaban J connectivity index is 1.92. The van der Waals surface area contributed by atoms with Crippen molar-refractivity contribution in [2.24, 2.45) is 0 Å². The maximum atomic E-state index is 4.28. The van der Waals surface area contributed by atoms with E-state index in [2.05, 4.69) is 54.9 Å². The molecule has 5 heteroatoms. The first-order valence-corrected chi connectivity index (χ1v) is 6.54. The van der Waals surface area contributed by atoms with Gasteiger partial charge in [0.25, 0.3) is 0 Å². The second kappa shape index (κ2) is 4.57. The summed E-state index contributed by atoms with van der Waals surface area (Å²) in [6.07, 6.45) is 5.66. The third-order valence-electron chi connectivity index (χ3n) is 3.12. The lowest BCUT2D eigenvalue weighted by Crippen LogP contribution is -2.40. The monoisotopic (exact) mass is 304 g/mol.